The minimum absolute atomic E-state index is 0.124. The average molecular weight is 361 g/mol. The Hall–Kier alpha value is -2.68. The van der Waals surface area contributed by atoms with Crippen molar-refractivity contribution in [2.24, 2.45) is 0 Å². The summed E-state index contributed by atoms with van der Waals surface area (Å²) in [6.07, 6.45) is 1.99. The second-order valence-corrected chi connectivity index (χ2v) is 8.15. The minimum atomic E-state index is -2.95. The summed E-state index contributed by atoms with van der Waals surface area (Å²) < 4.78 is 23.1. The van der Waals surface area contributed by atoms with E-state index in [1.54, 1.807) is 18.2 Å². The van der Waals surface area contributed by atoms with Crippen molar-refractivity contribution in [1.29, 1.82) is 0 Å². The number of benzene rings is 1. The van der Waals surface area contributed by atoms with Gasteiger partial charge in [-0.3, -0.25) is 4.79 Å². The van der Waals surface area contributed by atoms with Crippen LogP contribution in [0.5, 0.6) is 0 Å². The van der Waals surface area contributed by atoms with Crippen LogP contribution >= 0.6 is 0 Å². The third-order valence-electron chi connectivity index (χ3n) is 3.71. The van der Waals surface area contributed by atoms with Gasteiger partial charge in [0.05, 0.1) is 11.5 Å². The molecule has 0 radical (unpaired) electrons. The molecular weight excluding hydrogens is 342 g/mol. The van der Waals surface area contributed by atoms with Gasteiger partial charge in [-0.1, -0.05) is 6.07 Å². The number of sulfone groups is 1. The van der Waals surface area contributed by atoms with Gasteiger partial charge < -0.3 is 16.0 Å². The van der Waals surface area contributed by atoms with Gasteiger partial charge >= 0.3 is 0 Å². The van der Waals surface area contributed by atoms with Gasteiger partial charge in [-0.2, -0.15) is 0 Å². The van der Waals surface area contributed by atoms with Crippen molar-refractivity contribution in [1.82, 2.24) is 9.97 Å². The van der Waals surface area contributed by atoms with Crippen molar-refractivity contribution >= 4 is 38.8 Å². The van der Waals surface area contributed by atoms with E-state index in [9.17, 15) is 13.2 Å². The van der Waals surface area contributed by atoms with Crippen LogP contribution in [0.25, 0.3) is 0 Å². The van der Waals surface area contributed by atoms with Crippen molar-refractivity contribution in [3.8, 4) is 0 Å². The predicted octanol–water partition coefficient (Wildman–Crippen LogP) is 1.78. The number of aromatic nitrogens is 2. The first-order chi connectivity index (χ1) is 11.9. The van der Waals surface area contributed by atoms with E-state index in [1.807, 2.05) is 12.1 Å². The van der Waals surface area contributed by atoms with Gasteiger partial charge in [0.2, 0.25) is 5.91 Å². The maximum Gasteiger partial charge on any atom is 0.221 e. The molecule has 1 aromatic heterocycles. The topological polar surface area (TPSA) is 113 Å². The zero-order valence-corrected chi connectivity index (χ0v) is 14.5. The highest BCUT2D eigenvalue weighted by molar-refractivity contribution is 7.91. The van der Waals surface area contributed by atoms with Gasteiger partial charge in [-0.05, 0) is 24.6 Å². The number of hydrogen-bond donors (Lipinski definition) is 3. The number of nitrogens with one attached hydrogen (secondary N) is 3. The zero-order chi connectivity index (χ0) is 17.9. The lowest BCUT2D eigenvalue weighted by molar-refractivity contribution is -0.114. The van der Waals surface area contributed by atoms with Crippen molar-refractivity contribution in [2.75, 3.05) is 27.5 Å². The molecule has 3 N–H and O–H groups in total. The minimum Gasteiger partial charge on any atom is -0.366 e. The number of carbonyl (C=O) groups is 1. The second kappa shape index (κ2) is 7.06. The number of hydrogen-bond acceptors (Lipinski definition) is 7. The molecule has 1 aliphatic heterocycles. The third kappa shape index (κ3) is 4.90. The molecule has 1 saturated heterocycles. The molecule has 2 aromatic rings. The molecule has 8 nitrogen and oxygen atoms in total. The average Bonchev–Trinajstić information content (AvgIpc) is 2.86. The molecule has 1 unspecified atom stereocenters. The molecule has 25 heavy (non-hydrogen) atoms. The van der Waals surface area contributed by atoms with Crippen LogP contribution in [-0.2, 0) is 14.6 Å². The Labute approximate surface area is 146 Å². The van der Waals surface area contributed by atoms with Crippen LogP contribution in [0.1, 0.15) is 13.3 Å². The Morgan fingerprint density at radius 2 is 1.92 bits per heavy atom. The van der Waals surface area contributed by atoms with E-state index in [1.165, 1.54) is 13.3 Å². The molecule has 132 valence electrons. The van der Waals surface area contributed by atoms with Gasteiger partial charge in [-0.15, -0.1) is 0 Å². The Bertz CT molecular complexity index is 885. The Balaban J connectivity index is 1.68. The van der Waals surface area contributed by atoms with Gasteiger partial charge in [0.15, 0.2) is 9.84 Å². The number of anilines is 4. The molecule has 0 saturated carbocycles. The van der Waals surface area contributed by atoms with E-state index in [-0.39, 0.29) is 23.5 Å². The van der Waals surface area contributed by atoms with Gasteiger partial charge in [0, 0.05) is 30.4 Å². The summed E-state index contributed by atoms with van der Waals surface area (Å²) in [5, 5.41) is 8.99. The normalized spacial score (nSPS) is 18.5. The SMILES string of the molecule is CC(=O)Nc1cccc(Nc2cc(NC3CCS(=O)(=O)C3)ncn2)c1. The number of nitrogens with zero attached hydrogens (tertiary/aromatic N) is 2. The lowest BCUT2D eigenvalue weighted by atomic mass is 10.2. The number of amides is 1. The molecule has 1 fully saturated rings. The molecule has 1 aromatic carbocycles. The predicted molar refractivity (Wildman–Crippen MR) is 96.7 cm³/mol. The Morgan fingerprint density at radius 3 is 2.64 bits per heavy atom. The molecule has 3 rings (SSSR count). The molecular formula is C16H19N5O3S. The Morgan fingerprint density at radius 1 is 1.16 bits per heavy atom. The summed E-state index contributed by atoms with van der Waals surface area (Å²) in [6, 6.07) is 8.84. The lowest BCUT2D eigenvalue weighted by Crippen LogP contribution is -2.21. The van der Waals surface area contributed by atoms with E-state index in [0.717, 1.165) is 5.69 Å². The van der Waals surface area contributed by atoms with Crippen LogP contribution in [0, 0.1) is 0 Å². The van der Waals surface area contributed by atoms with E-state index in [4.69, 9.17) is 0 Å². The van der Waals surface area contributed by atoms with E-state index >= 15 is 0 Å². The van der Waals surface area contributed by atoms with Crippen LogP contribution in [0.3, 0.4) is 0 Å². The first kappa shape index (κ1) is 17.2. The molecule has 1 aliphatic rings. The van der Waals surface area contributed by atoms with Gasteiger partial charge in [0.1, 0.15) is 18.0 Å². The number of carbonyl (C=O) groups excluding carboxylic acids is 1. The van der Waals surface area contributed by atoms with Gasteiger partial charge in [-0.25, -0.2) is 18.4 Å². The third-order valence-corrected chi connectivity index (χ3v) is 5.47. The first-order valence-corrected chi connectivity index (χ1v) is 9.65. The van der Waals surface area contributed by atoms with E-state index in [2.05, 4.69) is 25.9 Å². The van der Waals surface area contributed by atoms with E-state index < -0.39 is 9.84 Å². The monoisotopic (exact) mass is 361 g/mol. The highest BCUT2D eigenvalue weighted by atomic mass is 32.2. The van der Waals surface area contributed by atoms with Crippen molar-refractivity contribution in [2.45, 2.75) is 19.4 Å². The summed E-state index contributed by atoms with van der Waals surface area (Å²) in [4.78, 5) is 19.4. The lowest BCUT2D eigenvalue weighted by Gasteiger charge is -2.13. The maximum absolute atomic E-state index is 11.5. The van der Waals surface area contributed by atoms with Crippen molar-refractivity contribution < 1.29 is 13.2 Å². The fourth-order valence-corrected chi connectivity index (χ4v) is 4.32. The quantitative estimate of drug-likeness (QED) is 0.744. The molecule has 9 heteroatoms. The van der Waals surface area contributed by atoms with E-state index in [0.29, 0.717) is 23.7 Å². The Kier molecular flexibility index (Phi) is 4.84. The van der Waals surface area contributed by atoms with Crippen LogP contribution in [-0.4, -0.2) is 41.8 Å². The summed E-state index contributed by atoms with van der Waals surface area (Å²) in [5.41, 5.74) is 1.44. The zero-order valence-electron chi connectivity index (χ0n) is 13.7. The second-order valence-electron chi connectivity index (χ2n) is 5.92. The van der Waals surface area contributed by atoms with Crippen LogP contribution in [0.4, 0.5) is 23.0 Å². The smallest absolute Gasteiger partial charge is 0.221 e. The fraction of sp³-hybridized carbons (Fsp3) is 0.312. The molecule has 1 atom stereocenters. The van der Waals surface area contributed by atoms with Crippen molar-refractivity contribution in [3.63, 3.8) is 0 Å². The molecule has 0 bridgehead atoms. The first-order valence-electron chi connectivity index (χ1n) is 7.83. The highest BCUT2D eigenvalue weighted by Gasteiger charge is 2.27. The molecule has 1 amide bonds. The summed E-state index contributed by atoms with van der Waals surface area (Å²) in [7, 11) is -2.95. The summed E-state index contributed by atoms with van der Waals surface area (Å²) in [6.45, 7) is 1.45. The number of rotatable bonds is 5. The fourth-order valence-electron chi connectivity index (χ4n) is 2.65. The summed E-state index contributed by atoms with van der Waals surface area (Å²) in [5.74, 6) is 1.32. The summed E-state index contributed by atoms with van der Waals surface area (Å²) >= 11 is 0. The van der Waals surface area contributed by atoms with Crippen LogP contribution in [0.15, 0.2) is 36.7 Å². The molecule has 0 aliphatic carbocycles. The van der Waals surface area contributed by atoms with Crippen molar-refractivity contribution in [3.05, 3.63) is 36.7 Å². The van der Waals surface area contributed by atoms with Crippen LogP contribution in [0.2, 0.25) is 0 Å². The molecule has 2 heterocycles. The largest absolute Gasteiger partial charge is 0.366 e. The standard InChI is InChI=1S/C16H19N5O3S/c1-11(22)19-12-3-2-4-13(7-12)20-15-8-16(18-10-17-15)21-14-5-6-25(23,24)9-14/h2-4,7-8,10,14H,5-6,9H2,1H3,(H,19,22)(H2,17,18,20,21). The maximum atomic E-state index is 11.5. The highest BCUT2D eigenvalue weighted by Crippen LogP contribution is 2.21. The van der Waals surface area contributed by atoms with Crippen LogP contribution < -0.4 is 16.0 Å². The van der Waals surface area contributed by atoms with Gasteiger partial charge in [0.25, 0.3) is 0 Å². The molecule has 0 spiro atoms.